The molecule has 0 aromatic carbocycles. The molecule has 0 bridgehead atoms. The Bertz CT molecular complexity index is 840. The summed E-state index contributed by atoms with van der Waals surface area (Å²) < 4.78 is 1.69. The van der Waals surface area contributed by atoms with Crippen molar-refractivity contribution in [3.8, 4) is 0 Å². The van der Waals surface area contributed by atoms with Crippen LogP contribution in [0.2, 0.25) is 0 Å². The summed E-state index contributed by atoms with van der Waals surface area (Å²) >= 11 is 1.78. The summed E-state index contributed by atoms with van der Waals surface area (Å²) in [5.41, 5.74) is 2.18. The van der Waals surface area contributed by atoms with E-state index in [9.17, 15) is 5.11 Å². The van der Waals surface area contributed by atoms with Gasteiger partial charge in [-0.2, -0.15) is 5.10 Å². The molecular formula is C16H19N5OS. The molecule has 0 spiro atoms. The number of aryl methyl sites for hydroxylation is 3. The summed E-state index contributed by atoms with van der Waals surface area (Å²) in [5.74, 6) is 0.829. The third kappa shape index (κ3) is 2.60. The summed E-state index contributed by atoms with van der Waals surface area (Å²) in [4.78, 5) is 11.3. The lowest BCUT2D eigenvalue weighted by Gasteiger charge is -2.15. The van der Waals surface area contributed by atoms with Crippen molar-refractivity contribution in [3.05, 3.63) is 34.7 Å². The highest BCUT2D eigenvalue weighted by Crippen LogP contribution is 2.38. The number of hydrogen-bond acceptors (Lipinski definition) is 6. The molecule has 0 amide bonds. The number of anilines is 1. The Labute approximate surface area is 138 Å². The Balaban J connectivity index is 1.62. The van der Waals surface area contributed by atoms with Gasteiger partial charge in [-0.05, 0) is 37.3 Å². The molecule has 1 aliphatic carbocycles. The SMILES string of the molecule is Cn1nccc1C(O)CNc1ncnc2sc3c(c12)CCCC3. The van der Waals surface area contributed by atoms with Crippen molar-refractivity contribution in [2.75, 3.05) is 11.9 Å². The number of aliphatic hydroxyl groups excluding tert-OH is 1. The molecule has 7 heteroatoms. The van der Waals surface area contributed by atoms with E-state index in [2.05, 4.69) is 20.4 Å². The zero-order valence-electron chi connectivity index (χ0n) is 13.0. The molecule has 0 aliphatic heterocycles. The maximum Gasteiger partial charge on any atom is 0.138 e. The van der Waals surface area contributed by atoms with Gasteiger partial charge in [-0.1, -0.05) is 0 Å². The molecule has 3 heterocycles. The summed E-state index contributed by atoms with van der Waals surface area (Å²) in [5, 5.41) is 18.9. The molecule has 1 atom stereocenters. The van der Waals surface area contributed by atoms with Crippen LogP contribution in [0.15, 0.2) is 18.6 Å². The number of hydrogen-bond donors (Lipinski definition) is 2. The van der Waals surface area contributed by atoms with Gasteiger partial charge in [-0.15, -0.1) is 11.3 Å². The molecule has 23 heavy (non-hydrogen) atoms. The van der Waals surface area contributed by atoms with Crippen LogP contribution in [0.4, 0.5) is 5.82 Å². The second-order valence-electron chi connectivity index (χ2n) is 5.89. The highest BCUT2D eigenvalue weighted by atomic mass is 32.1. The van der Waals surface area contributed by atoms with Crippen molar-refractivity contribution in [2.24, 2.45) is 7.05 Å². The first-order valence-electron chi connectivity index (χ1n) is 7.89. The zero-order chi connectivity index (χ0) is 15.8. The monoisotopic (exact) mass is 329 g/mol. The smallest absolute Gasteiger partial charge is 0.138 e. The van der Waals surface area contributed by atoms with E-state index in [1.165, 1.54) is 23.3 Å². The maximum absolute atomic E-state index is 10.3. The highest BCUT2D eigenvalue weighted by Gasteiger charge is 2.20. The van der Waals surface area contributed by atoms with E-state index in [0.717, 1.165) is 34.6 Å². The minimum absolute atomic E-state index is 0.399. The Morgan fingerprint density at radius 3 is 3.04 bits per heavy atom. The predicted molar refractivity (Wildman–Crippen MR) is 90.7 cm³/mol. The predicted octanol–water partition coefficient (Wildman–Crippen LogP) is 2.45. The third-order valence-electron chi connectivity index (χ3n) is 4.41. The van der Waals surface area contributed by atoms with Crippen LogP contribution in [0.5, 0.6) is 0 Å². The molecule has 3 aromatic rings. The fourth-order valence-corrected chi connectivity index (χ4v) is 4.46. The van der Waals surface area contributed by atoms with E-state index >= 15 is 0 Å². The number of nitrogens with zero attached hydrogens (tertiary/aromatic N) is 4. The van der Waals surface area contributed by atoms with Gasteiger partial charge in [0.15, 0.2) is 0 Å². The van der Waals surface area contributed by atoms with Crippen molar-refractivity contribution >= 4 is 27.4 Å². The lowest BCUT2D eigenvalue weighted by Crippen LogP contribution is -2.16. The van der Waals surface area contributed by atoms with E-state index < -0.39 is 6.10 Å². The molecule has 2 N–H and O–H groups in total. The van der Waals surface area contributed by atoms with Crippen LogP contribution in [0.3, 0.4) is 0 Å². The fraction of sp³-hybridized carbons (Fsp3) is 0.438. The maximum atomic E-state index is 10.3. The molecule has 4 rings (SSSR count). The van der Waals surface area contributed by atoms with Gasteiger partial charge in [-0.3, -0.25) is 4.68 Å². The lowest BCUT2D eigenvalue weighted by atomic mass is 9.97. The Morgan fingerprint density at radius 2 is 2.22 bits per heavy atom. The van der Waals surface area contributed by atoms with E-state index in [4.69, 9.17) is 0 Å². The molecule has 120 valence electrons. The van der Waals surface area contributed by atoms with Gasteiger partial charge >= 0.3 is 0 Å². The van der Waals surface area contributed by atoms with Gasteiger partial charge in [0.2, 0.25) is 0 Å². The summed E-state index contributed by atoms with van der Waals surface area (Å²) in [6.07, 6.45) is 7.40. The van der Waals surface area contributed by atoms with Crippen molar-refractivity contribution in [1.29, 1.82) is 0 Å². The number of rotatable bonds is 4. The molecule has 0 radical (unpaired) electrons. The Morgan fingerprint density at radius 1 is 1.35 bits per heavy atom. The normalized spacial score (nSPS) is 15.6. The summed E-state index contributed by atoms with van der Waals surface area (Å²) in [6, 6.07) is 1.83. The number of fused-ring (bicyclic) bond motifs is 3. The van der Waals surface area contributed by atoms with Gasteiger partial charge in [0.05, 0.1) is 11.1 Å². The van der Waals surface area contributed by atoms with Gasteiger partial charge < -0.3 is 10.4 Å². The molecule has 1 aliphatic rings. The second-order valence-corrected chi connectivity index (χ2v) is 6.97. The van der Waals surface area contributed by atoms with Crippen molar-refractivity contribution in [1.82, 2.24) is 19.7 Å². The average molecular weight is 329 g/mol. The number of aromatic nitrogens is 4. The third-order valence-corrected chi connectivity index (χ3v) is 5.61. The van der Waals surface area contributed by atoms with Gasteiger partial charge in [0, 0.05) is 24.7 Å². The number of nitrogens with one attached hydrogen (secondary N) is 1. The van der Waals surface area contributed by atoms with Crippen LogP contribution < -0.4 is 5.32 Å². The van der Waals surface area contributed by atoms with Gasteiger partial charge in [0.1, 0.15) is 23.1 Å². The molecule has 0 fully saturated rings. The molecular weight excluding hydrogens is 310 g/mol. The van der Waals surface area contributed by atoms with Gasteiger partial charge in [-0.25, -0.2) is 9.97 Å². The number of thiophene rings is 1. The first-order chi connectivity index (χ1) is 11.2. The zero-order valence-corrected chi connectivity index (χ0v) is 13.8. The molecule has 3 aromatic heterocycles. The first-order valence-corrected chi connectivity index (χ1v) is 8.71. The lowest BCUT2D eigenvalue weighted by molar-refractivity contribution is 0.181. The van der Waals surface area contributed by atoms with E-state index in [0.29, 0.717) is 6.54 Å². The molecule has 1 unspecified atom stereocenters. The summed E-state index contributed by atoms with van der Waals surface area (Å²) in [6.45, 7) is 0.399. The van der Waals surface area contributed by atoms with Crippen LogP contribution in [0.25, 0.3) is 10.2 Å². The van der Waals surface area contributed by atoms with Crippen molar-refractivity contribution < 1.29 is 5.11 Å². The van der Waals surface area contributed by atoms with Crippen LogP contribution in [-0.4, -0.2) is 31.4 Å². The Kier molecular flexibility index (Phi) is 3.74. The quantitative estimate of drug-likeness (QED) is 0.769. The largest absolute Gasteiger partial charge is 0.385 e. The average Bonchev–Trinajstić information content (AvgIpc) is 3.16. The Hall–Kier alpha value is -1.99. The molecule has 0 saturated heterocycles. The van der Waals surface area contributed by atoms with E-state index in [1.54, 1.807) is 28.5 Å². The second kappa shape index (κ2) is 5.90. The van der Waals surface area contributed by atoms with Crippen LogP contribution in [0.1, 0.15) is 35.1 Å². The highest BCUT2D eigenvalue weighted by molar-refractivity contribution is 7.19. The fourth-order valence-electron chi connectivity index (χ4n) is 3.23. The minimum Gasteiger partial charge on any atom is -0.385 e. The summed E-state index contributed by atoms with van der Waals surface area (Å²) in [7, 11) is 1.83. The molecule has 6 nitrogen and oxygen atoms in total. The standard InChI is InChI=1S/C16H19N5OS/c1-21-11(6-7-20-21)12(22)8-17-15-14-10-4-2-3-5-13(10)23-16(14)19-9-18-15/h6-7,9,12,22H,2-5,8H2,1H3,(H,17,18,19). The van der Waals surface area contributed by atoms with Crippen LogP contribution in [0, 0.1) is 0 Å². The number of aliphatic hydroxyl groups is 1. The van der Waals surface area contributed by atoms with E-state index in [-0.39, 0.29) is 0 Å². The van der Waals surface area contributed by atoms with Crippen molar-refractivity contribution in [3.63, 3.8) is 0 Å². The molecule has 0 saturated carbocycles. The topological polar surface area (TPSA) is 75.9 Å². The minimum atomic E-state index is -0.623. The van der Waals surface area contributed by atoms with Crippen LogP contribution >= 0.6 is 11.3 Å². The van der Waals surface area contributed by atoms with Crippen LogP contribution in [-0.2, 0) is 19.9 Å². The van der Waals surface area contributed by atoms with Gasteiger partial charge in [0.25, 0.3) is 0 Å². The van der Waals surface area contributed by atoms with Crippen molar-refractivity contribution in [2.45, 2.75) is 31.8 Å². The first kappa shape index (κ1) is 14.6. The van der Waals surface area contributed by atoms with E-state index in [1.807, 2.05) is 13.1 Å².